The molecule has 5 rings (SSSR count). The number of hydrogen-bond donors (Lipinski definition) is 17. The molecule has 0 aromatic carbocycles. The Labute approximate surface area is 316 Å². The first-order valence-corrected chi connectivity index (χ1v) is 17.6. The molecule has 328 valence electrons. The van der Waals surface area contributed by atoms with Gasteiger partial charge >= 0.3 is 0 Å². The van der Waals surface area contributed by atoms with Crippen LogP contribution in [0.25, 0.3) is 0 Å². The number of aliphatic hydroxyl groups excluding tert-OH is 17. The Morgan fingerprint density at radius 2 is 0.607 bits per heavy atom. The van der Waals surface area contributed by atoms with Gasteiger partial charge in [0.05, 0.1) is 33.0 Å². The molecular weight excluding hydrogens is 776 g/mol. The summed E-state index contributed by atoms with van der Waals surface area (Å²) in [5.41, 5.74) is 0. The number of rotatable bonds is 13. The summed E-state index contributed by atoms with van der Waals surface area (Å²) >= 11 is 0. The average molecular weight is 829 g/mol. The average Bonchev–Trinajstić information content (AvgIpc) is 3.19. The summed E-state index contributed by atoms with van der Waals surface area (Å²) in [6.45, 7) is -4.59. The number of ether oxygens (including phenoxy) is 9. The summed E-state index contributed by atoms with van der Waals surface area (Å²) in [6.07, 6.45) is -46.8. The van der Waals surface area contributed by atoms with E-state index < -0.39 is 187 Å². The third-order valence-electron chi connectivity index (χ3n) is 10.3. The first kappa shape index (κ1) is 46.0. The molecule has 0 bridgehead atoms. The molecule has 0 aromatic rings. The van der Waals surface area contributed by atoms with Crippen molar-refractivity contribution in [3.05, 3.63) is 0 Å². The van der Waals surface area contributed by atoms with Gasteiger partial charge in [0.25, 0.3) is 0 Å². The molecule has 17 N–H and O–H groups in total. The molecule has 5 aliphatic heterocycles. The molecule has 5 saturated heterocycles. The lowest BCUT2D eigenvalue weighted by Crippen LogP contribution is -2.68. The van der Waals surface area contributed by atoms with Crippen LogP contribution in [0.15, 0.2) is 0 Å². The quantitative estimate of drug-likeness (QED) is 0.0819. The third kappa shape index (κ3) is 9.16. The fourth-order valence-corrected chi connectivity index (χ4v) is 7.00. The van der Waals surface area contributed by atoms with Crippen LogP contribution in [0.1, 0.15) is 0 Å². The minimum atomic E-state index is -2.18. The van der Waals surface area contributed by atoms with Gasteiger partial charge in [0, 0.05) is 0 Å². The van der Waals surface area contributed by atoms with Crippen LogP contribution in [-0.2, 0) is 42.6 Å². The Morgan fingerprint density at radius 1 is 0.268 bits per heavy atom. The van der Waals surface area contributed by atoms with Crippen molar-refractivity contribution in [2.75, 3.05) is 33.0 Å². The van der Waals surface area contributed by atoms with Gasteiger partial charge < -0.3 is 129 Å². The van der Waals surface area contributed by atoms with Crippen LogP contribution >= 0.6 is 0 Å². The van der Waals surface area contributed by atoms with Crippen molar-refractivity contribution in [1.82, 2.24) is 0 Å². The normalized spacial score (nSPS) is 53.2. The summed E-state index contributed by atoms with van der Waals surface area (Å²) in [5.74, 6) is 0. The van der Waals surface area contributed by atoms with E-state index in [9.17, 15) is 86.8 Å². The van der Waals surface area contributed by atoms with Crippen molar-refractivity contribution >= 4 is 0 Å². The highest BCUT2D eigenvalue weighted by Crippen LogP contribution is 2.35. The van der Waals surface area contributed by atoms with Crippen molar-refractivity contribution in [3.63, 3.8) is 0 Å². The Balaban J connectivity index is 1.32. The molecule has 25 atom stereocenters. The van der Waals surface area contributed by atoms with Crippen molar-refractivity contribution in [2.45, 2.75) is 154 Å². The summed E-state index contributed by atoms with van der Waals surface area (Å²) in [5, 5.41) is 176. The minimum absolute atomic E-state index is 0.858. The fraction of sp³-hybridized carbons (Fsp3) is 1.00. The Hall–Kier alpha value is -1.04. The van der Waals surface area contributed by atoms with Gasteiger partial charge in [0.15, 0.2) is 31.5 Å². The number of hydrogen-bond acceptors (Lipinski definition) is 26. The molecule has 56 heavy (non-hydrogen) atoms. The predicted molar refractivity (Wildman–Crippen MR) is 167 cm³/mol. The Bertz CT molecular complexity index is 1200. The Morgan fingerprint density at radius 3 is 1.14 bits per heavy atom. The van der Waals surface area contributed by atoms with E-state index in [0.29, 0.717) is 0 Å². The van der Waals surface area contributed by atoms with Crippen LogP contribution < -0.4 is 0 Å². The summed E-state index contributed by atoms with van der Waals surface area (Å²) in [6, 6.07) is 0. The van der Waals surface area contributed by atoms with Gasteiger partial charge in [0.2, 0.25) is 0 Å². The lowest BCUT2D eigenvalue weighted by atomic mass is 9.95. The van der Waals surface area contributed by atoms with Gasteiger partial charge in [-0.05, 0) is 0 Å². The third-order valence-corrected chi connectivity index (χ3v) is 10.3. The fourth-order valence-electron chi connectivity index (χ4n) is 7.00. The molecule has 5 aliphatic rings. The van der Waals surface area contributed by atoms with Crippen LogP contribution in [0.2, 0.25) is 0 Å². The number of aliphatic hydroxyl groups is 17. The van der Waals surface area contributed by atoms with E-state index in [1.165, 1.54) is 0 Å². The van der Waals surface area contributed by atoms with Crippen LogP contribution in [0.4, 0.5) is 0 Å². The van der Waals surface area contributed by atoms with Crippen molar-refractivity contribution in [2.24, 2.45) is 0 Å². The summed E-state index contributed by atoms with van der Waals surface area (Å²) in [7, 11) is 0. The molecule has 0 unspecified atom stereocenters. The van der Waals surface area contributed by atoms with E-state index in [4.69, 9.17) is 42.6 Å². The zero-order valence-corrected chi connectivity index (χ0v) is 29.2. The first-order chi connectivity index (χ1) is 26.5. The van der Waals surface area contributed by atoms with E-state index in [0.717, 1.165) is 0 Å². The molecular formula is C30H52O26. The lowest BCUT2D eigenvalue weighted by molar-refractivity contribution is -0.398. The van der Waals surface area contributed by atoms with Gasteiger partial charge in [-0.3, -0.25) is 0 Å². The molecule has 5 fully saturated rings. The van der Waals surface area contributed by atoms with Crippen molar-refractivity contribution < 1.29 is 129 Å². The highest BCUT2D eigenvalue weighted by atomic mass is 16.8. The lowest BCUT2D eigenvalue weighted by Gasteiger charge is -2.49. The predicted octanol–water partition coefficient (Wildman–Crippen LogP) is -11.9. The van der Waals surface area contributed by atoms with Gasteiger partial charge in [-0.2, -0.15) is 0 Å². The van der Waals surface area contributed by atoms with Crippen LogP contribution in [0.3, 0.4) is 0 Å². The van der Waals surface area contributed by atoms with E-state index >= 15 is 0 Å². The van der Waals surface area contributed by atoms with Gasteiger partial charge in [-0.25, -0.2) is 0 Å². The maximum Gasteiger partial charge on any atom is 0.187 e. The molecule has 0 saturated carbocycles. The van der Waals surface area contributed by atoms with Gasteiger partial charge in [-0.1, -0.05) is 0 Å². The summed E-state index contributed by atoms with van der Waals surface area (Å²) in [4.78, 5) is 0. The van der Waals surface area contributed by atoms with Crippen LogP contribution in [-0.4, -0.2) is 273 Å². The molecule has 0 aliphatic carbocycles. The van der Waals surface area contributed by atoms with E-state index in [-0.39, 0.29) is 0 Å². The molecule has 26 heteroatoms. The van der Waals surface area contributed by atoms with Gasteiger partial charge in [-0.15, -0.1) is 0 Å². The molecule has 0 amide bonds. The maximum atomic E-state index is 11.2. The standard InChI is InChI=1S/C30H52O26/c31-1-6-11(36)14(39)19(44)27(49-6)56-25-15(40)12(37)7(2-32)51-30(25)54-23-10(5-35)52-28(20(45)17(23)42)55-24-13(38)8(3-33)50-29(21(24)46)53-22-9(4-34)48-26(47)18(43)16(22)41/h6-47H,1-5H2/t6-,7-,8-,9-,10-,11-,12+,13+,14+,15+,16-,17-,18-,19-,20-,21-,22-,23+,24+,25-,26-,27+,28+,29+,30+/m1/s1. The largest absolute Gasteiger partial charge is 0.394 e. The van der Waals surface area contributed by atoms with E-state index in [1.54, 1.807) is 0 Å². The summed E-state index contributed by atoms with van der Waals surface area (Å²) < 4.78 is 49.5. The zero-order chi connectivity index (χ0) is 41.3. The second kappa shape index (κ2) is 19.6. The zero-order valence-electron chi connectivity index (χ0n) is 29.2. The van der Waals surface area contributed by atoms with E-state index in [1.807, 2.05) is 0 Å². The van der Waals surface area contributed by atoms with Crippen LogP contribution in [0.5, 0.6) is 0 Å². The Kier molecular flexibility index (Phi) is 16.1. The molecule has 26 nitrogen and oxygen atoms in total. The van der Waals surface area contributed by atoms with Gasteiger partial charge in [0.1, 0.15) is 122 Å². The maximum absolute atomic E-state index is 11.2. The molecule has 0 radical (unpaired) electrons. The monoisotopic (exact) mass is 828 g/mol. The smallest absolute Gasteiger partial charge is 0.187 e. The second-order valence-corrected chi connectivity index (χ2v) is 13.9. The van der Waals surface area contributed by atoms with Crippen molar-refractivity contribution in [3.8, 4) is 0 Å². The van der Waals surface area contributed by atoms with E-state index in [2.05, 4.69) is 0 Å². The highest BCUT2D eigenvalue weighted by Gasteiger charge is 2.56. The minimum Gasteiger partial charge on any atom is -0.394 e. The topological polar surface area (TPSA) is 427 Å². The highest BCUT2D eigenvalue weighted by molar-refractivity contribution is 4.99. The second-order valence-electron chi connectivity index (χ2n) is 13.9. The van der Waals surface area contributed by atoms with Crippen molar-refractivity contribution in [1.29, 1.82) is 0 Å². The molecule has 0 aromatic heterocycles. The first-order valence-electron chi connectivity index (χ1n) is 17.6. The SMILES string of the molecule is OC[C@H]1O[C@@H](O[C@@H]2[C@H](O)[C@@H](O)[C@H](O[C@H]3[C@@H](O)[C@@H](CO)O[C@@H](O[C@H]4[C@H](O)[C@@H](O)[C@H](O)O[C@@H]4CO)[C@@H]3O)O[C@@H]2CO)[C@H](O[C@@H]2O[C@H](CO)[C@@H](O)[C@H](O)[C@H]2O)[C@@H](O)[C@H]1O. The van der Waals surface area contributed by atoms with Crippen LogP contribution in [0, 0.1) is 0 Å². The molecule has 0 spiro atoms. The molecule has 5 heterocycles.